The molecule has 0 aliphatic rings. The fourth-order valence-electron chi connectivity index (χ4n) is 2.67. The first kappa shape index (κ1) is 20.0. The molecule has 0 radical (unpaired) electrons. The van der Waals surface area contributed by atoms with E-state index in [2.05, 4.69) is 5.32 Å². The highest BCUT2D eigenvalue weighted by molar-refractivity contribution is 6.09. The number of aromatic nitrogens is 1. The number of benzene rings is 2. The smallest absolute Gasteiger partial charge is 0.271 e. The molecule has 0 bridgehead atoms. The minimum absolute atomic E-state index is 0.0583. The highest BCUT2D eigenvalue weighted by Gasteiger charge is 2.14. The Morgan fingerprint density at radius 3 is 2.33 bits per heavy atom. The molecule has 1 N–H and O–H groups in total. The first-order chi connectivity index (χ1) is 14.4. The van der Waals surface area contributed by atoms with Crippen LogP contribution in [0, 0.1) is 31.6 Å². The number of hydrogen-bond donors (Lipinski definition) is 1. The highest BCUT2D eigenvalue weighted by Crippen LogP contribution is 2.21. The van der Waals surface area contributed by atoms with E-state index in [4.69, 9.17) is 0 Å². The van der Waals surface area contributed by atoms with E-state index in [0.717, 1.165) is 0 Å². The average molecular weight is 403 g/mol. The second-order valence-electron chi connectivity index (χ2n) is 6.01. The van der Waals surface area contributed by atoms with Gasteiger partial charge in [-0.1, -0.05) is 6.07 Å². The summed E-state index contributed by atoms with van der Waals surface area (Å²) in [6.07, 6.45) is 3.04. The average Bonchev–Trinajstić information content (AvgIpc) is 3.20. The van der Waals surface area contributed by atoms with Crippen molar-refractivity contribution in [3.05, 3.63) is 98.4 Å². The molecule has 30 heavy (non-hydrogen) atoms. The van der Waals surface area contributed by atoms with Crippen LogP contribution in [0.25, 0.3) is 11.8 Å². The first-order valence-corrected chi connectivity index (χ1v) is 8.49. The molecular weight excluding hydrogens is 390 g/mol. The molecule has 3 aromatic rings. The van der Waals surface area contributed by atoms with Gasteiger partial charge in [0.25, 0.3) is 17.3 Å². The zero-order valence-corrected chi connectivity index (χ0v) is 15.3. The summed E-state index contributed by atoms with van der Waals surface area (Å²) in [6, 6.07) is 16.3. The van der Waals surface area contributed by atoms with Crippen molar-refractivity contribution in [3.8, 4) is 11.8 Å². The molecule has 0 atom stereocenters. The van der Waals surface area contributed by atoms with Crippen LogP contribution in [0.3, 0.4) is 0 Å². The fourth-order valence-corrected chi connectivity index (χ4v) is 2.67. The van der Waals surface area contributed by atoms with Crippen molar-refractivity contribution >= 4 is 29.0 Å². The molecule has 0 fully saturated rings. The topological polar surface area (TPSA) is 144 Å². The third kappa shape index (κ3) is 4.37. The van der Waals surface area contributed by atoms with Crippen LogP contribution in [0.15, 0.2) is 72.4 Å². The summed E-state index contributed by atoms with van der Waals surface area (Å²) in [5.74, 6) is -0.727. The lowest BCUT2D eigenvalue weighted by Gasteiger charge is -2.08. The van der Waals surface area contributed by atoms with Gasteiger partial charge < -0.3 is 9.88 Å². The molecule has 0 saturated carbocycles. The molecule has 0 aliphatic carbocycles. The SMILES string of the molecule is N#CC(=Cc1cccn1-c1ccc([N+](=O)[O-])cc1)C(=O)Nc1cccc([N+](=O)[O-])c1. The van der Waals surface area contributed by atoms with Gasteiger partial charge in [0.15, 0.2) is 0 Å². The van der Waals surface area contributed by atoms with Gasteiger partial charge in [-0.25, -0.2) is 0 Å². The van der Waals surface area contributed by atoms with Crippen molar-refractivity contribution in [2.45, 2.75) is 0 Å². The maximum absolute atomic E-state index is 12.5. The van der Waals surface area contributed by atoms with Gasteiger partial charge >= 0.3 is 0 Å². The second kappa shape index (κ2) is 8.49. The van der Waals surface area contributed by atoms with Gasteiger partial charge in [0.2, 0.25) is 0 Å². The number of amides is 1. The van der Waals surface area contributed by atoms with Gasteiger partial charge in [-0.2, -0.15) is 5.26 Å². The lowest BCUT2D eigenvalue weighted by molar-refractivity contribution is -0.385. The van der Waals surface area contributed by atoms with Crippen LogP contribution in [0.1, 0.15) is 5.69 Å². The summed E-state index contributed by atoms with van der Waals surface area (Å²) in [6.45, 7) is 0. The van der Waals surface area contributed by atoms with Crippen LogP contribution in [0.5, 0.6) is 0 Å². The van der Waals surface area contributed by atoms with E-state index in [0.29, 0.717) is 11.4 Å². The van der Waals surface area contributed by atoms with Crippen LogP contribution < -0.4 is 5.32 Å². The standard InChI is InChI=1S/C20H13N5O5/c21-13-14(20(26)22-15-3-1-4-19(12-15)25(29)30)11-18-5-2-10-23(18)16-6-8-17(9-7-16)24(27)28/h1-12H,(H,22,26). The fraction of sp³-hybridized carbons (Fsp3) is 0. The Balaban J connectivity index is 1.87. The number of nitro groups is 2. The van der Waals surface area contributed by atoms with Gasteiger partial charge in [-0.15, -0.1) is 0 Å². The molecule has 1 heterocycles. The van der Waals surface area contributed by atoms with Crippen LogP contribution >= 0.6 is 0 Å². The second-order valence-corrected chi connectivity index (χ2v) is 6.01. The molecule has 0 saturated heterocycles. The number of rotatable bonds is 6. The summed E-state index contributed by atoms with van der Waals surface area (Å²) in [5, 5.41) is 33.5. The molecular formula is C20H13N5O5. The molecule has 0 unspecified atom stereocenters. The van der Waals surface area contributed by atoms with E-state index < -0.39 is 15.8 Å². The Labute approximate surface area is 169 Å². The van der Waals surface area contributed by atoms with Crippen molar-refractivity contribution < 1.29 is 14.6 Å². The Kier molecular flexibility index (Phi) is 5.65. The zero-order valence-electron chi connectivity index (χ0n) is 15.3. The van der Waals surface area contributed by atoms with Crippen molar-refractivity contribution in [1.82, 2.24) is 4.57 Å². The summed E-state index contributed by atoms with van der Waals surface area (Å²) in [7, 11) is 0. The molecule has 148 valence electrons. The predicted molar refractivity (Wildman–Crippen MR) is 108 cm³/mol. The summed E-state index contributed by atoms with van der Waals surface area (Å²) < 4.78 is 1.65. The van der Waals surface area contributed by atoms with Gasteiger partial charge in [-0.05, 0) is 36.4 Å². The summed E-state index contributed by atoms with van der Waals surface area (Å²) in [5.41, 5.74) is 0.812. The normalized spacial score (nSPS) is 10.8. The lowest BCUT2D eigenvalue weighted by atomic mass is 10.2. The lowest BCUT2D eigenvalue weighted by Crippen LogP contribution is -2.13. The number of nitro benzene ring substituents is 2. The van der Waals surface area contributed by atoms with Gasteiger partial charge in [0.05, 0.1) is 9.85 Å². The molecule has 0 spiro atoms. The summed E-state index contributed by atoms with van der Waals surface area (Å²) in [4.78, 5) is 33.0. The van der Waals surface area contributed by atoms with E-state index in [9.17, 15) is 30.3 Å². The zero-order chi connectivity index (χ0) is 21.7. The minimum Gasteiger partial charge on any atom is -0.321 e. The third-order valence-corrected chi connectivity index (χ3v) is 4.09. The van der Waals surface area contributed by atoms with Gasteiger partial charge in [0, 0.05) is 47.5 Å². The Morgan fingerprint density at radius 1 is 1.00 bits per heavy atom. The number of hydrogen-bond acceptors (Lipinski definition) is 6. The Bertz CT molecular complexity index is 1200. The van der Waals surface area contributed by atoms with E-state index in [1.165, 1.54) is 42.5 Å². The van der Waals surface area contributed by atoms with Crippen molar-refractivity contribution in [3.63, 3.8) is 0 Å². The highest BCUT2D eigenvalue weighted by atomic mass is 16.6. The van der Waals surface area contributed by atoms with Crippen molar-refractivity contribution in [1.29, 1.82) is 5.26 Å². The largest absolute Gasteiger partial charge is 0.321 e. The molecule has 3 rings (SSSR count). The number of nitrogens with zero attached hydrogens (tertiary/aromatic N) is 4. The molecule has 0 aliphatic heterocycles. The minimum atomic E-state index is -0.727. The quantitative estimate of drug-likeness (QED) is 0.286. The van der Waals surface area contributed by atoms with Crippen LogP contribution in [0.4, 0.5) is 17.1 Å². The van der Waals surface area contributed by atoms with E-state index in [1.54, 1.807) is 35.0 Å². The maximum Gasteiger partial charge on any atom is 0.271 e. The molecule has 10 heteroatoms. The molecule has 1 aromatic heterocycles. The van der Waals surface area contributed by atoms with Crippen LogP contribution in [-0.2, 0) is 4.79 Å². The van der Waals surface area contributed by atoms with E-state index in [-0.39, 0.29) is 22.6 Å². The monoisotopic (exact) mass is 403 g/mol. The Hall–Kier alpha value is -4.78. The van der Waals surface area contributed by atoms with Crippen LogP contribution in [0.2, 0.25) is 0 Å². The molecule has 10 nitrogen and oxygen atoms in total. The number of carbonyl (C=O) groups excluding carboxylic acids is 1. The number of nitriles is 1. The number of anilines is 1. The Morgan fingerprint density at radius 2 is 1.70 bits per heavy atom. The van der Waals surface area contributed by atoms with Gasteiger partial charge in [-0.3, -0.25) is 25.0 Å². The summed E-state index contributed by atoms with van der Waals surface area (Å²) >= 11 is 0. The first-order valence-electron chi connectivity index (χ1n) is 8.49. The number of carbonyl (C=O) groups is 1. The predicted octanol–water partition coefficient (Wildman–Crippen LogP) is 3.84. The van der Waals surface area contributed by atoms with E-state index >= 15 is 0 Å². The van der Waals surface area contributed by atoms with E-state index in [1.807, 2.05) is 6.07 Å². The molecule has 1 amide bonds. The third-order valence-electron chi connectivity index (χ3n) is 4.09. The number of nitrogens with one attached hydrogen (secondary N) is 1. The van der Waals surface area contributed by atoms with Gasteiger partial charge in [0.1, 0.15) is 11.6 Å². The van der Waals surface area contributed by atoms with Crippen LogP contribution in [-0.4, -0.2) is 20.3 Å². The maximum atomic E-state index is 12.5. The van der Waals surface area contributed by atoms with Crippen molar-refractivity contribution in [2.24, 2.45) is 0 Å². The number of non-ortho nitro benzene ring substituents is 2. The molecule has 2 aromatic carbocycles. The van der Waals surface area contributed by atoms with Crippen molar-refractivity contribution in [2.75, 3.05) is 5.32 Å².